The van der Waals surface area contributed by atoms with Crippen molar-refractivity contribution in [3.63, 3.8) is 0 Å². The van der Waals surface area contributed by atoms with Crippen molar-refractivity contribution in [2.75, 3.05) is 5.32 Å². The minimum absolute atomic E-state index is 0.0336. The molecule has 2 heterocycles. The first-order valence-corrected chi connectivity index (χ1v) is 6.70. The predicted octanol–water partition coefficient (Wildman–Crippen LogP) is 3.05. The number of aromatic carboxylic acids is 1. The number of aromatic nitrogens is 3. The molecule has 0 saturated carbocycles. The number of anilines is 2. The van der Waals surface area contributed by atoms with Crippen molar-refractivity contribution in [2.45, 2.75) is 33.6 Å². The van der Waals surface area contributed by atoms with Gasteiger partial charge in [-0.3, -0.25) is 4.98 Å². The highest BCUT2D eigenvalue weighted by atomic mass is 16.4. The molecule has 0 atom stereocenters. The van der Waals surface area contributed by atoms with Crippen LogP contribution in [0.4, 0.5) is 11.4 Å². The summed E-state index contributed by atoms with van der Waals surface area (Å²) >= 11 is 0. The zero-order valence-electron chi connectivity index (χ0n) is 12.5. The number of nitrogens with zero attached hydrogens (tertiary/aromatic N) is 3. The third-order valence-corrected chi connectivity index (χ3v) is 3.02. The molecular weight excluding hydrogens is 268 g/mol. The van der Waals surface area contributed by atoms with Gasteiger partial charge in [0.1, 0.15) is 5.82 Å². The van der Waals surface area contributed by atoms with Crippen molar-refractivity contribution in [1.82, 2.24) is 15.0 Å². The molecule has 0 aliphatic carbocycles. The average molecular weight is 286 g/mol. The Labute approximate surface area is 123 Å². The molecule has 2 aromatic heterocycles. The van der Waals surface area contributed by atoms with E-state index in [0.29, 0.717) is 11.5 Å². The van der Waals surface area contributed by atoms with E-state index >= 15 is 0 Å². The fourth-order valence-electron chi connectivity index (χ4n) is 1.89. The molecule has 0 unspecified atom stereocenters. The van der Waals surface area contributed by atoms with Crippen LogP contribution in [0.5, 0.6) is 0 Å². The second-order valence-electron chi connectivity index (χ2n) is 5.16. The SMILES string of the molecule is Cc1ccc(Nc2cnc(C(C)C)nc2C(=O)O)c(C)n1. The van der Waals surface area contributed by atoms with Gasteiger partial charge in [0, 0.05) is 11.6 Å². The predicted molar refractivity (Wildman–Crippen MR) is 80.1 cm³/mol. The Bertz CT molecular complexity index is 683. The van der Waals surface area contributed by atoms with Crippen LogP contribution in [0.1, 0.15) is 47.5 Å². The molecular formula is C15H18N4O2. The Kier molecular flexibility index (Phi) is 4.16. The molecule has 6 heteroatoms. The highest BCUT2D eigenvalue weighted by Crippen LogP contribution is 2.22. The van der Waals surface area contributed by atoms with Gasteiger partial charge in [-0.1, -0.05) is 13.8 Å². The van der Waals surface area contributed by atoms with Crippen LogP contribution in [0.15, 0.2) is 18.3 Å². The highest BCUT2D eigenvalue weighted by Gasteiger charge is 2.16. The molecule has 0 fully saturated rings. The lowest BCUT2D eigenvalue weighted by molar-refractivity contribution is 0.0691. The number of hydrogen-bond donors (Lipinski definition) is 2. The summed E-state index contributed by atoms with van der Waals surface area (Å²) in [6, 6.07) is 3.72. The van der Waals surface area contributed by atoms with Crippen molar-refractivity contribution in [1.29, 1.82) is 0 Å². The maximum atomic E-state index is 11.4. The number of pyridine rings is 1. The van der Waals surface area contributed by atoms with Crippen LogP contribution in [-0.4, -0.2) is 26.0 Å². The van der Waals surface area contributed by atoms with E-state index in [9.17, 15) is 9.90 Å². The minimum Gasteiger partial charge on any atom is -0.476 e. The number of nitrogens with one attached hydrogen (secondary N) is 1. The molecule has 0 saturated heterocycles. The van der Waals surface area contributed by atoms with Crippen LogP contribution < -0.4 is 5.32 Å². The van der Waals surface area contributed by atoms with Gasteiger partial charge in [-0.15, -0.1) is 0 Å². The number of aryl methyl sites for hydroxylation is 2. The van der Waals surface area contributed by atoms with E-state index in [2.05, 4.69) is 20.3 Å². The van der Waals surface area contributed by atoms with Crippen LogP contribution in [-0.2, 0) is 0 Å². The number of carboxylic acids is 1. The van der Waals surface area contributed by atoms with Crippen LogP contribution in [0.25, 0.3) is 0 Å². The highest BCUT2D eigenvalue weighted by molar-refractivity contribution is 5.92. The fraction of sp³-hybridized carbons (Fsp3) is 0.333. The van der Waals surface area contributed by atoms with Crippen molar-refractivity contribution < 1.29 is 9.90 Å². The summed E-state index contributed by atoms with van der Waals surface area (Å²) in [6.07, 6.45) is 1.51. The minimum atomic E-state index is -1.08. The van der Waals surface area contributed by atoms with Crippen LogP contribution in [0.2, 0.25) is 0 Å². The van der Waals surface area contributed by atoms with Gasteiger partial charge in [0.15, 0.2) is 5.69 Å². The molecule has 2 rings (SSSR count). The largest absolute Gasteiger partial charge is 0.476 e. The number of carboxylic acid groups (broad SMARTS) is 1. The van der Waals surface area contributed by atoms with E-state index in [1.165, 1.54) is 6.20 Å². The number of hydrogen-bond acceptors (Lipinski definition) is 5. The molecule has 110 valence electrons. The lowest BCUT2D eigenvalue weighted by Crippen LogP contribution is -2.11. The van der Waals surface area contributed by atoms with Gasteiger partial charge in [0.2, 0.25) is 0 Å². The molecule has 6 nitrogen and oxygen atoms in total. The summed E-state index contributed by atoms with van der Waals surface area (Å²) in [4.78, 5) is 24.0. The number of carbonyl (C=O) groups is 1. The maximum Gasteiger partial charge on any atom is 0.356 e. The second kappa shape index (κ2) is 5.87. The quantitative estimate of drug-likeness (QED) is 0.898. The van der Waals surface area contributed by atoms with E-state index < -0.39 is 5.97 Å². The lowest BCUT2D eigenvalue weighted by Gasteiger charge is -2.12. The van der Waals surface area contributed by atoms with Gasteiger partial charge in [-0.2, -0.15) is 0 Å². The van der Waals surface area contributed by atoms with Gasteiger partial charge >= 0.3 is 5.97 Å². The van der Waals surface area contributed by atoms with Crippen molar-refractivity contribution in [3.05, 3.63) is 41.2 Å². The molecule has 0 spiro atoms. The molecule has 21 heavy (non-hydrogen) atoms. The molecule has 0 aliphatic rings. The molecule has 0 bridgehead atoms. The zero-order valence-corrected chi connectivity index (χ0v) is 12.5. The summed E-state index contributed by atoms with van der Waals surface area (Å²) in [7, 11) is 0. The Morgan fingerprint density at radius 2 is 1.90 bits per heavy atom. The molecule has 0 radical (unpaired) electrons. The van der Waals surface area contributed by atoms with Crippen LogP contribution in [0.3, 0.4) is 0 Å². The normalized spacial score (nSPS) is 10.7. The summed E-state index contributed by atoms with van der Waals surface area (Å²) < 4.78 is 0. The summed E-state index contributed by atoms with van der Waals surface area (Å²) in [6.45, 7) is 7.60. The van der Waals surface area contributed by atoms with Crippen LogP contribution >= 0.6 is 0 Å². The molecule has 0 amide bonds. The summed E-state index contributed by atoms with van der Waals surface area (Å²) in [5, 5.41) is 12.4. The van der Waals surface area contributed by atoms with E-state index in [1.807, 2.05) is 39.8 Å². The smallest absolute Gasteiger partial charge is 0.356 e. The van der Waals surface area contributed by atoms with Crippen LogP contribution in [0, 0.1) is 13.8 Å². The van der Waals surface area contributed by atoms with Gasteiger partial charge < -0.3 is 10.4 Å². The first-order valence-electron chi connectivity index (χ1n) is 6.70. The Morgan fingerprint density at radius 3 is 2.48 bits per heavy atom. The van der Waals surface area contributed by atoms with Gasteiger partial charge in [0.25, 0.3) is 0 Å². The second-order valence-corrected chi connectivity index (χ2v) is 5.16. The third-order valence-electron chi connectivity index (χ3n) is 3.02. The van der Waals surface area contributed by atoms with Gasteiger partial charge in [-0.05, 0) is 26.0 Å². The molecule has 0 aliphatic heterocycles. The first-order chi connectivity index (χ1) is 9.88. The summed E-state index contributed by atoms with van der Waals surface area (Å²) in [5.74, 6) is -0.504. The van der Waals surface area contributed by atoms with E-state index in [0.717, 1.165) is 17.1 Å². The standard InChI is InChI=1S/C15H18N4O2/c1-8(2)14-16-7-12(13(19-14)15(20)21)18-11-6-5-9(3)17-10(11)4/h5-8,18H,1-4H3,(H,20,21). The monoisotopic (exact) mass is 286 g/mol. The Morgan fingerprint density at radius 1 is 1.19 bits per heavy atom. The topological polar surface area (TPSA) is 88.0 Å². The van der Waals surface area contributed by atoms with Gasteiger partial charge in [-0.25, -0.2) is 14.8 Å². The van der Waals surface area contributed by atoms with E-state index in [4.69, 9.17) is 0 Å². The fourth-order valence-corrected chi connectivity index (χ4v) is 1.89. The van der Waals surface area contributed by atoms with Crippen molar-refractivity contribution >= 4 is 17.3 Å². The molecule has 2 aromatic rings. The Balaban J connectivity index is 2.41. The third kappa shape index (κ3) is 3.34. The van der Waals surface area contributed by atoms with E-state index in [1.54, 1.807) is 0 Å². The average Bonchev–Trinajstić information content (AvgIpc) is 2.41. The maximum absolute atomic E-state index is 11.4. The van der Waals surface area contributed by atoms with E-state index in [-0.39, 0.29) is 11.6 Å². The first kappa shape index (κ1) is 14.9. The van der Waals surface area contributed by atoms with Gasteiger partial charge in [0.05, 0.1) is 23.3 Å². The molecule has 0 aromatic carbocycles. The zero-order chi connectivity index (χ0) is 15.6. The van der Waals surface area contributed by atoms with Crippen molar-refractivity contribution in [3.8, 4) is 0 Å². The van der Waals surface area contributed by atoms with Crippen molar-refractivity contribution in [2.24, 2.45) is 0 Å². The lowest BCUT2D eigenvalue weighted by atomic mass is 10.2. The summed E-state index contributed by atoms with van der Waals surface area (Å²) in [5.41, 5.74) is 2.76. The Hall–Kier alpha value is -2.50. The molecule has 2 N–H and O–H groups in total. The number of rotatable bonds is 4.